The molecule has 0 radical (unpaired) electrons. The van der Waals surface area contributed by atoms with Crippen LogP contribution in [0.15, 0.2) is 22.8 Å². The van der Waals surface area contributed by atoms with Crippen molar-refractivity contribution in [2.75, 3.05) is 0 Å². The molecule has 0 aromatic carbocycles. The molecule has 2 N–H and O–H groups in total. The third-order valence-electron chi connectivity index (χ3n) is 3.88. The Balaban J connectivity index is 1.89. The summed E-state index contributed by atoms with van der Waals surface area (Å²) in [5.74, 6) is -0.168. The van der Waals surface area contributed by atoms with Gasteiger partial charge in [-0.3, -0.25) is 9.59 Å². The SMILES string of the molecule is O=C(O)CC1(NC(=O)CCc2ccco2)CCCCC1. The van der Waals surface area contributed by atoms with E-state index < -0.39 is 11.5 Å². The fourth-order valence-electron chi connectivity index (χ4n) is 2.91. The number of carboxylic acids is 1. The van der Waals surface area contributed by atoms with Gasteiger partial charge in [-0.2, -0.15) is 0 Å². The first-order valence-corrected chi connectivity index (χ1v) is 7.15. The number of furan rings is 1. The van der Waals surface area contributed by atoms with Crippen LogP contribution in [0.4, 0.5) is 0 Å². The lowest BCUT2D eigenvalue weighted by Gasteiger charge is -2.37. The van der Waals surface area contributed by atoms with Crippen molar-refractivity contribution in [2.24, 2.45) is 0 Å². The second-order valence-electron chi connectivity index (χ2n) is 5.54. The third kappa shape index (κ3) is 4.11. The zero-order valence-electron chi connectivity index (χ0n) is 11.6. The van der Waals surface area contributed by atoms with E-state index in [9.17, 15) is 9.59 Å². The van der Waals surface area contributed by atoms with Gasteiger partial charge in [-0.1, -0.05) is 19.3 Å². The molecule has 1 heterocycles. The predicted octanol–water partition coefficient (Wildman–Crippen LogP) is 2.51. The Labute approximate surface area is 118 Å². The molecule has 1 aliphatic rings. The van der Waals surface area contributed by atoms with Crippen molar-refractivity contribution in [1.29, 1.82) is 0 Å². The van der Waals surface area contributed by atoms with Crippen LogP contribution < -0.4 is 5.32 Å². The molecule has 110 valence electrons. The van der Waals surface area contributed by atoms with Crippen LogP contribution in [0.5, 0.6) is 0 Å². The molecule has 1 amide bonds. The Morgan fingerprint density at radius 1 is 1.30 bits per heavy atom. The van der Waals surface area contributed by atoms with Crippen LogP contribution in [0, 0.1) is 0 Å². The smallest absolute Gasteiger partial charge is 0.305 e. The number of rotatable bonds is 6. The highest BCUT2D eigenvalue weighted by Gasteiger charge is 2.35. The summed E-state index contributed by atoms with van der Waals surface area (Å²) >= 11 is 0. The largest absolute Gasteiger partial charge is 0.481 e. The van der Waals surface area contributed by atoms with Crippen LogP contribution >= 0.6 is 0 Å². The Kier molecular flexibility index (Phi) is 4.82. The first-order chi connectivity index (χ1) is 9.60. The first-order valence-electron chi connectivity index (χ1n) is 7.15. The van der Waals surface area contributed by atoms with Gasteiger partial charge in [0.15, 0.2) is 0 Å². The molecule has 5 nitrogen and oxygen atoms in total. The van der Waals surface area contributed by atoms with Gasteiger partial charge in [0.1, 0.15) is 5.76 Å². The van der Waals surface area contributed by atoms with Crippen molar-refractivity contribution in [2.45, 2.75) is 56.9 Å². The Hall–Kier alpha value is -1.78. The molecule has 0 unspecified atom stereocenters. The summed E-state index contributed by atoms with van der Waals surface area (Å²) in [6.07, 6.45) is 7.05. The van der Waals surface area contributed by atoms with E-state index in [4.69, 9.17) is 9.52 Å². The van der Waals surface area contributed by atoms with Crippen LogP contribution in [-0.2, 0) is 16.0 Å². The second kappa shape index (κ2) is 6.59. The quantitative estimate of drug-likeness (QED) is 0.838. The molecule has 5 heteroatoms. The molecule has 1 aromatic heterocycles. The highest BCUT2D eigenvalue weighted by atomic mass is 16.4. The number of hydrogen-bond acceptors (Lipinski definition) is 3. The monoisotopic (exact) mass is 279 g/mol. The topological polar surface area (TPSA) is 79.5 Å². The van der Waals surface area contributed by atoms with Crippen LogP contribution in [0.2, 0.25) is 0 Å². The summed E-state index contributed by atoms with van der Waals surface area (Å²) < 4.78 is 5.19. The van der Waals surface area contributed by atoms with Crippen molar-refractivity contribution in [3.8, 4) is 0 Å². The third-order valence-corrected chi connectivity index (χ3v) is 3.88. The molecule has 20 heavy (non-hydrogen) atoms. The number of amides is 1. The van der Waals surface area contributed by atoms with Gasteiger partial charge in [-0.25, -0.2) is 0 Å². The number of aryl methyl sites for hydroxylation is 1. The van der Waals surface area contributed by atoms with Crippen molar-refractivity contribution >= 4 is 11.9 Å². The summed E-state index contributed by atoms with van der Waals surface area (Å²) in [5.41, 5.74) is -0.551. The van der Waals surface area contributed by atoms with Gasteiger partial charge in [-0.15, -0.1) is 0 Å². The Morgan fingerprint density at radius 2 is 2.05 bits per heavy atom. The van der Waals surface area contributed by atoms with E-state index in [1.165, 1.54) is 0 Å². The van der Waals surface area contributed by atoms with Gasteiger partial charge in [0, 0.05) is 12.8 Å². The summed E-state index contributed by atoms with van der Waals surface area (Å²) in [6.45, 7) is 0. The molecule has 1 aromatic rings. The van der Waals surface area contributed by atoms with Gasteiger partial charge in [0.05, 0.1) is 18.2 Å². The lowest BCUT2D eigenvalue weighted by molar-refractivity contribution is -0.139. The molecule has 0 aliphatic heterocycles. The number of hydrogen-bond donors (Lipinski definition) is 2. The number of carbonyl (C=O) groups is 2. The summed E-state index contributed by atoms with van der Waals surface area (Å²) in [5, 5.41) is 12.0. The van der Waals surface area contributed by atoms with Gasteiger partial charge < -0.3 is 14.8 Å². The average molecular weight is 279 g/mol. The molecular weight excluding hydrogens is 258 g/mol. The van der Waals surface area contributed by atoms with E-state index in [0.29, 0.717) is 12.8 Å². The minimum Gasteiger partial charge on any atom is -0.481 e. The van der Waals surface area contributed by atoms with E-state index in [1.807, 2.05) is 6.07 Å². The normalized spacial score (nSPS) is 17.6. The maximum absolute atomic E-state index is 12.0. The van der Waals surface area contributed by atoms with Crippen LogP contribution in [0.1, 0.15) is 50.7 Å². The predicted molar refractivity (Wildman–Crippen MR) is 73.2 cm³/mol. The second-order valence-corrected chi connectivity index (χ2v) is 5.54. The fraction of sp³-hybridized carbons (Fsp3) is 0.600. The minimum atomic E-state index is -0.849. The molecule has 1 saturated carbocycles. The van der Waals surface area contributed by atoms with Gasteiger partial charge in [0.25, 0.3) is 0 Å². The summed E-state index contributed by atoms with van der Waals surface area (Å²) in [6, 6.07) is 3.63. The molecule has 0 saturated heterocycles. The molecule has 1 fully saturated rings. The van der Waals surface area contributed by atoms with Crippen LogP contribution in [0.3, 0.4) is 0 Å². The summed E-state index contributed by atoms with van der Waals surface area (Å²) in [4.78, 5) is 23.1. The maximum atomic E-state index is 12.0. The number of carboxylic acid groups (broad SMARTS) is 1. The van der Waals surface area contributed by atoms with E-state index >= 15 is 0 Å². The fourth-order valence-corrected chi connectivity index (χ4v) is 2.91. The van der Waals surface area contributed by atoms with Crippen molar-refractivity contribution in [1.82, 2.24) is 5.32 Å². The molecule has 1 aliphatic carbocycles. The molecule has 2 rings (SSSR count). The minimum absolute atomic E-state index is 0.0134. The molecular formula is C15H21NO4. The van der Waals surface area contributed by atoms with Gasteiger partial charge >= 0.3 is 5.97 Å². The summed E-state index contributed by atoms with van der Waals surface area (Å²) in [7, 11) is 0. The lowest BCUT2D eigenvalue weighted by Crippen LogP contribution is -2.51. The number of nitrogens with one attached hydrogen (secondary N) is 1. The molecule has 0 spiro atoms. The molecule has 0 atom stereocenters. The first kappa shape index (κ1) is 14.6. The van der Waals surface area contributed by atoms with E-state index in [1.54, 1.807) is 12.3 Å². The average Bonchev–Trinajstić information content (AvgIpc) is 2.89. The number of carbonyl (C=O) groups excluding carboxylic acids is 1. The maximum Gasteiger partial charge on any atom is 0.305 e. The van der Waals surface area contributed by atoms with Crippen LogP contribution in [-0.4, -0.2) is 22.5 Å². The standard InChI is InChI=1S/C15H21NO4/c17-13(7-6-12-5-4-10-20-12)16-15(11-14(18)19)8-2-1-3-9-15/h4-5,10H,1-3,6-9,11H2,(H,16,17)(H,18,19). The highest BCUT2D eigenvalue weighted by Crippen LogP contribution is 2.31. The van der Waals surface area contributed by atoms with Gasteiger partial charge in [-0.05, 0) is 25.0 Å². The highest BCUT2D eigenvalue weighted by molar-refractivity contribution is 5.78. The van der Waals surface area contributed by atoms with E-state index in [0.717, 1.165) is 37.9 Å². The Bertz CT molecular complexity index is 446. The van der Waals surface area contributed by atoms with Crippen molar-refractivity contribution in [3.05, 3.63) is 24.2 Å². The lowest BCUT2D eigenvalue weighted by atomic mass is 9.79. The van der Waals surface area contributed by atoms with Crippen molar-refractivity contribution in [3.63, 3.8) is 0 Å². The van der Waals surface area contributed by atoms with E-state index in [-0.39, 0.29) is 12.3 Å². The van der Waals surface area contributed by atoms with Crippen molar-refractivity contribution < 1.29 is 19.1 Å². The zero-order chi connectivity index (χ0) is 14.4. The van der Waals surface area contributed by atoms with E-state index in [2.05, 4.69) is 5.32 Å². The number of aliphatic carboxylic acids is 1. The molecule has 0 bridgehead atoms. The van der Waals surface area contributed by atoms with Crippen LogP contribution in [0.25, 0.3) is 0 Å². The van der Waals surface area contributed by atoms with Gasteiger partial charge in [0.2, 0.25) is 5.91 Å². The zero-order valence-corrected chi connectivity index (χ0v) is 11.6. The Morgan fingerprint density at radius 3 is 2.65 bits per heavy atom.